The Morgan fingerprint density at radius 2 is 1.48 bits per heavy atom. The fourth-order valence-electron chi connectivity index (χ4n) is 2.62. The number of nitrogens with one attached hydrogen (secondary N) is 2. The number of carbonyl (C=O) groups excluding carboxylic acids is 2. The van der Waals surface area contributed by atoms with Gasteiger partial charge in [-0.05, 0) is 30.3 Å². The molecule has 0 saturated carbocycles. The van der Waals surface area contributed by atoms with E-state index in [-0.39, 0.29) is 39.8 Å². The molecule has 1 aromatic heterocycles. The van der Waals surface area contributed by atoms with Gasteiger partial charge in [0.2, 0.25) is 0 Å². The van der Waals surface area contributed by atoms with Gasteiger partial charge in [-0.1, -0.05) is 0 Å². The van der Waals surface area contributed by atoms with Gasteiger partial charge in [-0.25, -0.2) is 28.3 Å². The Morgan fingerprint density at radius 1 is 0.903 bits per heavy atom. The van der Waals surface area contributed by atoms with E-state index in [4.69, 9.17) is 15.2 Å². The SMILES string of the molecule is COC(=O)c1cc(Nc2ncnc(Nc3ccc(F)cc3F)c2N)cc(C(=O)OC)c1. The molecule has 3 rings (SSSR count). The molecule has 0 aliphatic rings. The number of rotatable bonds is 6. The lowest BCUT2D eigenvalue weighted by atomic mass is 10.1. The highest BCUT2D eigenvalue weighted by Gasteiger charge is 2.16. The second-order valence-electron chi connectivity index (χ2n) is 6.14. The maximum Gasteiger partial charge on any atom is 0.337 e. The molecule has 0 saturated heterocycles. The van der Waals surface area contributed by atoms with Gasteiger partial charge in [0.15, 0.2) is 11.6 Å². The number of nitrogens with two attached hydrogens (primary N) is 1. The number of nitrogens with zero attached hydrogens (tertiary/aromatic N) is 2. The summed E-state index contributed by atoms with van der Waals surface area (Å²) >= 11 is 0. The molecule has 0 atom stereocenters. The van der Waals surface area contributed by atoms with Crippen LogP contribution in [0.15, 0.2) is 42.7 Å². The Bertz CT molecular complexity index is 1120. The molecule has 0 fully saturated rings. The van der Waals surface area contributed by atoms with E-state index in [1.165, 1.54) is 38.5 Å². The fourth-order valence-corrected chi connectivity index (χ4v) is 2.62. The Morgan fingerprint density at radius 3 is 2.03 bits per heavy atom. The second kappa shape index (κ2) is 9.03. The Balaban J connectivity index is 1.95. The fraction of sp³-hybridized carbons (Fsp3) is 0.100. The first-order chi connectivity index (χ1) is 14.8. The Labute approximate surface area is 175 Å². The summed E-state index contributed by atoms with van der Waals surface area (Å²) in [6, 6.07) is 7.15. The van der Waals surface area contributed by atoms with Crippen molar-refractivity contribution in [1.29, 1.82) is 0 Å². The van der Waals surface area contributed by atoms with Crippen LogP contribution < -0.4 is 16.4 Å². The van der Waals surface area contributed by atoms with Gasteiger partial charge < -0.3 is 25.8 Å². The summed E-state index contributed by atoms with van der Waals surface area (Å²) in [7, 11) is 2.41. The molecular formula is C20H17F2N5O4. The summed E-state index contributed by atoms with van der Waals surface area (Å²) in [6.07, 6.45) is 1.16. The van der Waals surface area contributed by atoms with Crippen molar-refractivity contribution < 1.29 is 27.8 Å². The standard InChI is InChI=1S/C20H17F2N5O4/c1-30-19(28)10-5-11(20(29)31-2)7-13(6-10)26-17-16(23)18(25-9-24-17)27-15-4-3-12(21)8-14(15)22/h3-9H,23H2,1-2H3,(H2,24,25,26,27). The number of nitrogen functional groups attached to an aromatic ring is 1. The highest BCUT2D eigenvalue weighted by Crippen LogP contribution is 2.30. The molecule has 0 bridgehead atoms. The molecule has 0 radical (unpaired) electrons. The van der Waals surface area contributed by atoms with Crippen LogP contribution >= 0.6 is 0 Å². The smallest absolute Gasteiger partial charge is 0.337 e. The van der Waals surface area contributed by atoms with Crippen LogP contribution in [0.5, 0.6) is 0 Å². The predicted octanol–water partition coefficient (Wildman–Crippen LogP) is 3.40. The number of anilines is 5. The van der Waals surface area contributed by atoms with Crippen LogP contribution in [-0.4, -0.2) is 36.1 Å². The molecule has 11 heteroatoms. The first-order valence-electron chi connectivity index (χ1n) is 8.73. The highest BCUT2D eigenvalue weighted by molar-refractivity contribution is 5.97. The third kappa shape index (κ3) is 4.83. The summed E-state index contributed by atoms with van der Waals surface area (Å²) in [6.45, 7) is 0. The highest BCUT2D eigenvalue weighted by atomic mass is 19.1. The van der Waals surface area contributed by atoms with Crippen molar-refractivity contribution in [1.82, 2.24) is 9.97 Å². The predicted molar refractivity (Wildman–Crippen MR) is 108 cm³/mol. The van der Waals surface area contributed by atoms with Gasteiger partial charge in [0, 0.05) is 11.8 Å². The van der Waals surface area contributed by atoms with Crippen molar-refractivity contribution in [2.75, 3.05) is 30.6 Å². The van der Waals surface area contributed by atoms with Gasteiger partial charge in [0.25, 0.3) is 0 Å². The monoisotopic (exact) mass is 429 g/mol. The van der Waals surface area contributed by atoms with Crippen LogP contribution in [0.1, 0.15) is 20.7 Å². The third-order valence-corrected chi connectivity index (χ3v) is 4.11. The molecular weight excluding hydrogens is 412 g/mol. The van der Waals surface area contributed by atoms with Crippen molar-refractivity contribution in [3.8, 4) is 0 Å². The summed E-state index contributed by atoms with van der Waals surface area (Å²) in [5.41, 5.74) is 6.51. The molecule has 9 nitrogen and oxygen atoms in total. The van der Waals surface area contributed by atoms with Crippen LogP contribution in [0.4, 0.5) is 37.5 Å². The van der Waals surface area contributed by atoms with Crippen molar-refractivity contribution in [3.05, 3.63) is 65.5 Å². The quantitative estimate of drug-likeness (QED) is 0.505. The van der Waals surface area contributed by atoms with Gasteiger partial charge in [0.1, 0.15) is 23.6 Å². The van der Waals surface area contributed by atoms with E-state index in [0.29, 0.717) is 6.07 Å². The van der Waals surface area contributed by atoms with E-state index < -0.39 is 23.6 Å². The number of halogens is 2. The average Bonchev–Trinajstić information content (AvgIpc) is 2.76. The Hall–Kier alpha value is -4.28. The van der Waals surface area contributed by atoms with Gasteiger partial charge in [-0.2, -0.15) is 0 Å². The topological polar surface area (TPSA) is 128 Å². The third-order valence-electron chi connectivity index (χ3n) is 4.11. The van der Waals surface area contributed by atoms with Crippen LogP contribution in [-0.2, 0) is 9.47 Å². The number of carbonyl (C=O) groups is 2. The zero-order chi connectivity index (χ0) is 22.5. The van der Waals surface area contributed by atoms with E-state index in [0.717, 1.165) is 12.4 Å². The van der Waals surface area contributed by atoms with Crippen molar-refractivity contribution in [3.63, 3.8) is 0 Å². The number of aromatic nitrogens is 2. The summed E-state index contributed by atoms with van der Waals surface area (Å²) in [5.74, 6) is -2.73. The molecule has 0 aliphatic carbocycles. The summed E-state index contributed by atoms with van der Waals surface area (Å²) < 4.78 is 36.4. The van der Waals surface area contributed by atoms with Crippen molar-refractivity contribution in [2.24, 2.45) is 0 Å². The number of hydrogen-bond donors (Lipinski definition) is 3. The molecule has 1 heterocycles. The van der Waals surface area contributed by atoms with Gasteiger partial charge in [-0.3, -0.25) is 0 Å². The normalized spacial score (nSPS) is 10.3. The number of ether oxygens (including phenoxy) is 2. The number of benzene rings is 2. The second-order valence-corrected chi connectivity index (χ2v) is 6.14. The minimum Gasteiger partial charge on any atom is -0.465 e. The van der Waals surface area contributed by atoms with Crippen LogP contribution in [0, 0.1) is 11.6 Å². The van der Waals surface area contributed by atoms with Crippen LogP contribution in [0.2, 0.25) is 0 Å². The molecule has 0 aliphatic heterocycles. The lowest BCUT2D eigenvalue weighted by Crippen LogP contribution is -2.09. The number of hydrogen-bond acceptors (Lipinski definition) is 9. The molecule has 0 amide bonds. The minimum absolute atomic E-state index is 0.00862. The molecule has 4 N–H and O–H groups in total. The molecule has 0 spiro atoms. The largest absolute Gasteiger partial charge is 0.465 e. The van der Waals surface area contributed by atoms with Crippen molar-refractivity contribution in [2.45, 2.75) is 0 Å². The van der Waals surface area contributed by atoms with Crippen LogP contribution in [0.25, 0.3) is 0 Å². The first kappa shape index (κ1) is 21.4. The van der Waals surface area contributed by atoms with E-state index in [2.05, 4.69) is 20.6 Å². The summed E-state index contributed by atoms with van der Waals surface area (Å²) in [5, 5.41) is 5.54. The first-order valence-corrected chi connectivity index (χ1v) is 8.73. The molecule has 0 unspecified atom stereocenters. The molecule has 2 aromatic carbocycles. The van der Waals surface area contributed by atoms with Gasteiger partial charge >= 0.3 is 11.9 Å². The summed E-state index contributed by atoms with van der Waals surface area (Å²) in [4.78, 5) is 31.9. The average molecular weight is 429 g/mol. The van der Waals surface area contributed by atoms with Gasteiger partial charge in [-0.15, -0.1) is 0 Å². The van der Waals surface area contributed by atoms with Crippen molar-refractivity contribution >= 4 is 40.6 Å². The van der Waals surface area contributed by atoms with E-state index >= 15 is 0 Å². The minimum atomic E-state index is -0.832. The maximum absolute atomic E-state index is 13.9. The molecule has 3 aromatic rings. The van der Waals surface area contributed by atoms with E-state index in [1.54, 1.807) is 0 Å². The van der Waals surface area contributed by atoms with E-state index in [1.807, 2.05) is 0 Å². The lowest BCUT2D eigenvalue weighted by Gasteiger charge is -2.14. The van der Waals surface area contributed by atoms with Gasteiger partial charge in [0.05, 0.1) is 31.0 Å². The lowest BCUT2D eigenvalue weighted by molar-refractivity contribution is 0.0599. The Kier molecular flexibility index (Phi) is 6.24. The zero-order valence-electron chi connectivity index (χ0n) is 16.4. The van der Waals surface area contributed by atoms with E-state index in [9.17, 15) is 18.4 Å². The molecule has 31 heavy (non-hydrogen) atoms. The zero-order valence-corrected chi connectivity index (χ0v) is 16.4. The maximum atomic E-state index is 13.9. The number of esters is 2. The molecule has 160 valence electrons. The number of methoxy groups -OCH3 is 2. The van der Waals surface area contributed by atoms with Crippen LogP contribution in [0.3, 0.4) is 0 Å².